The number of nitrogens with one attached hydrogen (secondary N) is 1. The van der Waals surface area contributed by atoms with Crippen molar-refractivity contribution in [2.24, 2.45) is 7.05 Å². The predicted octanol–water partition coefficient (Wildman–Crippen LogP) is 3.66. The van der Waals surface area contributed by atoms with Gasteiger partial charge in [-0.3, -0.25) is 9.59 Å². The van der Waals surface area contributed by atoms with Gasteiger partial charge in [0, 0.05) is 25.1 Å². The number of rotatable bonds is 4. The Morgan fingerprint density at radius 2 is 2.20 bits per heavy atom. The lowest BCUT2D eigenvalue weighted by Crippen LogP contribution is -2.33. The summed E-state index contributed by atoms with van der Waals surface area (Å²) in [5.74, 6) is 0.297. The van der Waals surface area contributed by atoms with E-state index in [1.807, 2.05) is 6.92 Å². The Morgan fingerprint density at radius 1 is 1.44 bits per heavy atom. The first-order valence-corrected chi connectivity index (χ1v) is 9.68. The van der Waals surface area contributed by atoms with E-state index < -0.39 is 5.92 Å². The third kappa shape index (κ3) is 3.50. The summed E-state index contributed by atoms with van der Waals surface area (Å²) in [5, 5.41) is 3.37. The van der Waals surface area contributed by atoms with Gasteiger partial charge in [-0.15, -0.1) is 0 Å². The molecule has 132 valence electrons. The topological polar surface area (TPSA) is 64.0 Å². The zero-order chi connectivity index (χ0) is 18.1. The molecule has 8 heteroatoms. The average Bonchev–Trinajstić information content (AvgIpc) is 2.58. The van der Waals surface area contributed by atoms with Crippen molar-refractivity contribution in [1.82, 2.24) is 9.55 Å². The summed E-state index contributed by atoms with van der Waals surface area (Å²) >= 11 is 4.64. The minimum absolute atomic E-state index is 0.128. The zero-order valence-corrected chi connectivity index (χ0v) is 16.2. The van der Waals surface area contributed by atoms with E-state index in [2.05, 4.69) is 26.2 Å². The molecule has 0 unspecified atom stereocenters. The van der Waals surface area contributed by atoms with E-state index in [1.54, 1.807) is 23.7 Å². The lowest BCUT2D eigenvalue weighted by atomic mass is 9.87. The lowest BCUT2D eigenvalue weighted by Gasteiger charge is -2.27. The molecule has 1 aliphatic rings. The number of amides is 1. The number of carbonyl (C=O) groups excluding carboxylic acids is 1. The Hall–Kier alpha value is -1.67. The van der Waals surface area contributed by atoms with E-state index in [9.17, 15) is 14.0 Å². The molecule has 1 aliphatic heterocycles. The van der Waals surface area contributed by atoms with Crippen LogP contribution in [0.15, 0.2) is 32.6 Å². The molecule has 1 N–H and O–H groups in total. The minimum atomic E-state index is -0.447. The summed E-state index contributed by atoms with van der Waals surface area (Å²) in [6, 6.07) is 4.54. The maximum absolute atomic E-state index is 13.5. The van der Waals surface area contributed by atoms with Crippen LogP contribution in [-0.2, 0) is 11.8 Å². The third-order valence-electron chi connectivity index (χ3n) is 4.08. The number of hydrogen-bond acceptors (Lipinski definition) is 4. The van der Waals surface area contributed by atoms with Crippen LogP contribution >= 0.6 is 27.7 Å². The fourth-order valence-corrected chi connectivity index (χ4v) is 4.09. The summed E-state index contributed by atoms with van der Waals surface area (Å²) in [5.41, 5.74) is 0.802. The first-order valence-electron chi connectivity index (χ1n) is 7.90. The molecule has 3 rings (SSSR count). The van der Waals surface area contributed by atoms with Crippen molar-refractivity contribution in [3.8, 4) is 0 Å². The van der Waals surface area contributed by atoms with E-state index in [-0.39, 0.29) is 23.7 Å². The second kappa shape index (κ2) is 7.29. The molecule has 0 radical (unpaired) electrons. The summed E-state index contributed by atoms with van der Waals surface area (Å²) in [7, 11) is 1.78. The molecule has 0 aliphatic carbocycles. The maximum Gasteiger partial charge on any atom is 0.279 e. The van der Waals surface area contributed by atoms with Gasteiger partial charge >= 0.3 is 0 Å². The number of carbonyl (C=O) groups is 1. The second-order valence-electron chi connectivity index (χ2n) is 5.85. The van der Waals surface area contributed by atoms with E-state index in [0.717, 1.165) is 12.2 Å². The monoisotopic (exact) mass is 425 g/mol. The Morgan fingerprint density at radius 3 is 2.88 bits per heavy atom. The van der Waals surface area contributed by atoms with E-state index in [1.165, 1.54) is 17.8 Å². The van der Waals surface area contributed by atoms with Crippen molar-refractivity contribution in [2.45, 2.75) is 30.8 Å². The highest BCUT2D eigenvalue weighted by molar-refractivity contribution is 9.10. The number of aromatic nitrogens is 2. The fraction of sp³-hybridized carbons (Fsp3) is 0.353. The molecular formula is C17H17BrFN3O2S. The minimum Gasteiger partial charge on any atom is -0.312 e. The van der Waals surface area contributed by atoms with E-state index in [0.29, 0.717) is 26.6 Å². The van der Waals surface area contributed by atoms with Gasteiger partial charge in [-0.25, -0.2) is 4.39 Å². The Kier molecular flexibility index (Phi) is 5.29. The second-order valence-corrected chi connectivity index (χ2v) is 7.76. The van der Waals surface area contributed by atoms with Crippen molar-refractivity contribution in [3.05, 3.63) is 50.0 Å². The number of halogens is 2. The molecule has 0 fully saturated rings. The Balaban J connectivity index is 2.14. The fourth-order valence-electron chi connectivity index (χ4n) is 2.87. The van der Waals surface area contributed by atoms with Crippen molar-refractivity contribution in [1.29, 1.82) is 0 Å². The van der Waals surface area contributed by atoms with Crippen LogP contribution in [0.4, 0.5) is 10.2 Å². The molecule has 0 bridgehead atoms. The normalized spacial score (nSPS) is 16.5. The molecule has 0 saturated heterocycles. The highest BCUT2D eigenvalue weighted by Crippen LogP contribution is 2.36. The standard InChI is InChI=1S/C17H17BrFN3O2S/c1-3-6-25-17-21-16(24)14-10(8-13(23)20-15(14)22(17)2)9-4-5-12(19)11(18)7-9/h4-5,7,10H,3,6,8H2,1-2H3,(H,20,23)/t10-/m0/s1. The predicted molar refractivity (Wildman–Crippen MR) is 99.7 cm³/mol. The lowest BCUT2D eigenvalue weighted by molar-refractivity contribution is -0.116. The molecule has 1 aromatic carbocycles. The van der Waals surface area contributed by atoms with Crippen molar-refractivity contribution in [2.75, 3.05) is 11.1 Å². The SMILES string of the molecule is CCCSc1nc(=O)c2c(n1C)NC(=O)C[C@H]2c1ccc(F)c(Br)c1. The third-order valence-corrected chi connectivity index (χ3v) is 5.93. The highest BCUT2D eigenvalue weighted by atomic mass is 79.9. The Labute approximate surface area is 157 Å². The maximum atomic E-state index is 13.5. The molecule has 2 heterocycles. The van der Waals surface area contributed by atoms with Crippen LogP contribution in [0, 0.1) is 5.82 Å². The van der Waals surface area contributed by atoms with Gasteiger partial charge in [0.05, 0.1) is 10.0 Å². The van der Waals surface area contributed by atoms with Gasteiger partial charge in [0.2, 0.25) is 5.91 Å². The number of nitrogens with zero attached hydrogens (tertiary/aromatic N) is 2. The van der Waals surface area contributed by atoms with Crippen LogP contribution in [0.25, 0.3) is 0 Å². The first kappa shape index (κ1) is 18.1. The highest BCUT2D eigenvalue weighted by Gasteiger charge is 2.32. The van der Waals surface area contributed by atoms with E-state index in [4.69, 9.17) is 0 Å². The van der Waals surface area contributed by atoms with Crippen LogP contribution in [0.3, 0.4) is 0 Å². The van der Waals surface area contributed by atoms with Crippen LogP contribution in [0.2, 0.25) is 0 Å². The molecule has 5 nitrogen and oxygen atoms in total. The number of fused-ring (bicyclic) bond motifs is 1. The van der Waals surface area contributed by atoms with E-state index >= 15 is 0 Å². The van der Waals surface area contributed by atoms with Gasteiger partial charge in [-0.05, 0) is 40.0 Å². The van der Waals surface area contributed by atoms with Crippen LogP contribution in [0.5, 0.6) is 0 Å². The number of hydrogen-bond donors (Lipinski definition) is 1. The summed E-state index contributed by atoms with van der Waals surface area (Å²) in [6.45, 7) is 2.05. The smallest absolute Gasteiger partial charge is 0.279 e. The first-order chi connectivity index (χ1) is 11.9. The zero-order valence-electron chi connectivity index (χ0n) is 13.8. The molecule has 1 aromatic heterocycles. The molecule has 1 atom stereocenters. The average molecular weight is 426 g/mol. The van der Waals surface area contributed by atoms with Gasteiger partial charge < -0.3 is 9.88 Å². The molecule has 0 spiro atoms. The largest absolute Gasteiger partial charge is 0.312 e. The van der Waals surface area contributed by atoms with Crippen LogP contribution in [-0.4, -0.2) is 21.2 Å². The Bertz CT molecular complexity index is 900. The quantitative estimate of drug-likeness (QED) is 0.599. The summed E-state index contributed by atoms with van der Waals surface area (Å²) < 4.78 is 15.6. The van der Waals surface area contributed by atoms with Gasteiger partial charge in [0.25, 0.3) is 5.56 Å². The van der Waals surface area contributed by atoms with Crippen LogP contribution < -0.4 is 10.9 Å². The number of benzene rings is 1. The number of anilines is 1. The van der Waals surface area contributed by atoms with Crippen molar-refractivity contribution < 1.29 is 9.18 Å². The molecular weight excluding hydrogens is 409 g/mol. The van der Waals surface area contributed by atoms with Crippen molar-refractivity contribution >= 4 is 39.4 Å². The molecule has 25 heavy (non-hydrogen) atoms. The van der Waals surface area contributed by atoms with Gasteiger partial charge in [0.1, 0.15) is 11.6 Å². The van der Waals surface area contributed by atoms with Crippen molar-refractivity contribution in [3.63, 3.8) is 0 Å². The molecule has 1 amide bonds. The summed E-state index contributed by atoms with van der Waals surface area (Å²) in [4.78, 5) is 29.1. The van der Waals surface area contributed by atoms with Crippen LogP contribution in [0.1, 0.15) is 36.8 Å². The van der Waals surface area contributed by atoms with Gasteiger partial charge in [-0.2, -0.15) is 4.98 Å². The summed E-state index contributed by atoms with van der Waals surface area (Å²) in [6.07, 6.45) is 1.08. The van der Waals surface area contributed by atoms with Gasteiger partial charge in [0.15, 0.2) is 5.16 Å². The number of thioether (sulfide) groups is 1. The van der Waals surface area contributed by atoms with Gasteiger partial charge in [-0.1, -0.05) is 24.8 Å². The molecule has 2 aromatic rings. The molecule has 0 saturated carbocycles.